The Morgan fingerprint density at radius 2 is 2.00 bits per heavy atom. The molecule has 0 unspecified atom stereocenters. The van der Waals surface area contributed by atoms with Crippen LogP contribution in [0.25, 0.3) is 0 Å². The number of hydrogen-bond donors (Lipinski definition) is 3. The van der Waals surface area contributed by atoms with Crippen LogP contribution in [0.1, 0.15) is 12.8 Å². The lowest BCUT2D eigenvalue weighted by Gasteiger charge is -2.07. The van der Waals surface area contributed by atoms with Crippen molar-refractivity contribution in [2.45, 2.75) is 12.8 Å². The summed E-state index contributed by atoms with van der Waals surface area (Å²) in [5, 5.41) is 13.4. The Kier molecular flexibility index (Phi) is 5.87. The smallest absolute Gasteiger partial charge is 0.303 e. The van der Waals surface area contributed by atoms with Gasteiger partial charge in [-0.05, 0) is 25.1 Å². The number of hydrogen-bond acceptors (Lipinski definition) is 3. The molecule has 0 aliphatic heterocycles. The predicted octanol–water partition coefficient (Wildman–Crippen LogP) is 1.36. The fraction of sp³-hybridized carbons (Fsp3) is 0.333. The highest BCUT2D eigenvalue weighted by Gasteiger charge is 2.07. The molecule has 0 bridgehead atoms. The lowest BCUT2D eigenvalue weighted by molar-refractivity contribution is -0.137. The monoisotopic (exact) mass is 272 g/mol. The summed E-state index contributed by atoms with van der Waals surface area (Å²) in [6.45, 7) is 0.294. The van der Waals surface area contributed by atoms with Crippen LogP contribution in [0.4, 0.5) is 14.5 Å². The molecule has 0 aliphatic carbocycles. The molecule has 0 heterocycles. The van der Waals surface area contributed by atoms with Crippen LogP contribution in [0.2, 0.25) is 0 Å². The third kappa shape index (κ3) is 5.91. The van der Waals surface area contributed by atoms with Gasteiger partial charge in [-0.15, -0.1) is 0 Å². The molecule has 5 nitrogen and oxygen atoms in total. The van der Waals surface area contributed by atoms with Crippen LogP contribution in [0.3, 0.4) is 0 Å². The molecular formula is C12H14F2N2O3. The SMILES string of the molecule is O=C(O)CCCNCC(=O)Nc1ccc(F)cc1F. The maximum atomic E-state index is 13.2. The molecule has 1 aromatic carbocycles. The molecule has 0 saturated carbocycles. The first-order valence-electron chi connectivity index (χ1n) is 5.66. The minimum absolute atomic E-state index is 0.0151. The number of carbonyl (C=O) groups excluding carboxylic acids is 1. The number of anilines is 1. The van der Waals surface area contributed by atoms with Crippen molar-refractivity contribution in [3.63, 3.8) is 0 Å². The van der Waals surface area contributed by atoms with Gasteiger partial charge < -0.3 is 15.7 Å². The number of nitrogens with one attached hydrogen (secondary N) is 2. The van der Waals surface area contributed by atoms with Gasteiger partial charge in [0.2, 0.25) is 5.91 Å². The molecule has 7 heteroatoms. The van der Waals surface area contributed by atoms with Crippen molar-refractivity contribution in [1.29, 1.82) is 0 Å². The summed E-state index contributed by atoms with van der Waals surface area (Å²) in [5.74, 6) is -2.96. The summed E-state index contributed by atoms with van der Waals surface area (Å²) in [4.78, 5) is 21.6. The molecule has 0 fully saturated rings. The summed E-state index contributed by atoms with van der Waals surface area (Å²) >= 11 is 0. The summed E-state index contributed by atoms with van der Waals surface area (Å²) in [6, 6.07) is 2.85. The lowest BCUT2D eigenvalue weighted by atomic mass is 10.3. The number of amides is 1. The van der Waals surface area contributed by atoms with Gasteiger partial charge in [0.25, 0.3) is 0 Å². The fourth-order valence-corrected chi connectivity index (χ4v) is 1.35. The number of rotatable bonds is 7. The van der Waals surface area contributed by atoms with Gasteiger partial charge in [-0.3, -0.25) is 9.59 Å². The maximum absolute atomic E-state index is 13.2. The van der Waals surface area contributed by atoms with Gasteiger partial charge >= 0.3 is 5.97 Å². The van der Waals surface area contributed by atoms with Gasteiger partial charge in [-0.2, -0.15) is 0 Å². The highest BCUT2D eigenvalue weighted by molar-refractivity contribution is 5.92. The Morgan fingerprint density at radius 1 is 1.26 bits per heavy atom. The van der Waals surface area contributed by atoms with Crippen molar-refractivity contribution < 1.29 is 23.5 Å². The quantitative estimate of drug-likeness (QED) is 0.655. The number of carboxylic acids is 1. The van der Waals surface area contributed by atoms with Crippen LogP contribution in [0.5, 0.6) is 0 Å². The molecule has 104 valence electrons. The molecule has 0 aromatic heterocycles. The predicted molar refractivity (Wildman–Crippen MR) is 64.7 cm³/mol. The second-order valence-electron chi connectivity index (χ2n) is 3.85. The van der Waals surface area contributed by atoms with Gasteiger partial charge in [0.15, 0.2) is 0 Å². The van der Waals surface area contributed by atoms with E-state index >= 15 is 0 Å². The zero-order valence-electron chi connectivity index (χ0n) is 10.1. The van der Waals surface area contributed by atoms with E-state index in [9.17, 15) is 18.4 Å². The molecule has 0 radical (unpaired) electrons. The molecule has 0 saturated heterocycles. The summed E-state index contributed by atoms with van der Waals surface area (Å²) in [6.07, 6.45) is 0.411. The van der Waals surface area contributed by atoms with Gasteiger partial charge in [0, 0.05) is 12.5 Å². The van der Waals surface area contributed by atoms with Crippen molar-refractivity contribution in [3.8, 4) is 0 Å². The van der Waals surface area contributed by atoms with E-state index in [1.165, 1.54) is 0 Å². The third-order valence-corrected chi connectivity index (χ3v) is 2.23. The van der Waals surface area contributed by atoms with Crippen LogP contribution in [-0.2, 0) is 9.59 Å². The normalized spacial score (nSPS) is 10.2. The zero-order chi connectivity index (χ0) is 14.3. The van der Waals surface area contributed by atoms with E-state index < -0.39 is 23.5 Å². The highest BCUT2D eigenvalue weighted by atomic mass is 19.1. The van der Waals surface area contributed by atoms with Crippen LogP contribution < -0.4 is 10.6 Å². The molecule has 1 rings (SSSR count). The Morgan fingerprint density at radius 3 is 2.63 bits per heavy atom. The van der Waals surface area contributed by atoms with E-state index in [1.54, 1.807) is 0 Å². The Labute approximate surface area is 108 Å². The van der Waals surface area contributed by atoms with Crippen molar-refractivity contribution in [2.24, 2.45) is 0 Å². The minimum Gasteiger partial charge on any atom is -0.481 e. The molecule has 0 spiro atoms. The maximum Gasteiger partial charge on any atom is 0.303 e. The van der Waals surface area contributed by atoms with Crippen LogP contribution in [0.15, 0.2) is 18.2 Å². The second kappa shape index (κ2) is 7.42. The minimum atomic E-state index is -0.903. The summed E-state index contributed by atoms with van der Waals surface area (Å²) < 4.78 is 25.8. The van der Waals surface area contributed by atoms with E-state index in [0.717, 1.165) is 12.1 Å². The number of benzene rings is 1. The fourth-order valence-electron chi connectivity index (χ4n) is 1.35. The summed E-state index contributed by atoms with van der Waals surface area (Å²) in [7, 11) is 0. The highest BCUT2D eigenvalue weighted by Crippen LogP contribution is 2.14. The van der Waals surface area contributed by atoms with Gasteiger partial charge in [0.1, 0.15) is 11.6 Å². The lowest BCUT2D eigenvalue weighted by Crippen LogP contribution is -2.29. The average Bonchev–Trinajstić information content (AvgIpc) is 2.32. The van der Waals surface area contributed by atoms with E-state index in [2.05, 4.69) is 10.6 Å². The average molecular weight is 272 g/mol. The van der Waals surface area contributed by atoms with E-state index in [4.69, 9.17) is 5.11 Å². The molecule has 0 atom stereocenters. The molecule has 1 aromatic rings. The zero-order valence-corrected chi connectivity index (χ0v) is 10.1. The first kappa shape index (κ1) is 15.0. The van der Waals surface area contributed by atoms with E-state index in [1.807, 2.05) is 0 Å². The third-order valence-electron chi connectivity index (χ3n) is 2.23. The first-order valence-corrected chi connectivity index (χ1v) is 5.66. The number of carbonyl (C=O) groups is 2. The Balaban J connectivity index is 2.29. The van der Waals surface area contributed by atoms with Crippen LogP contribution >= 0.6 is 0 Å². The van der Waals surface area contributed by atoms with Crippen molar-refractivity contribution in [1.82, 2.24) is 5.32 Å². The topological polar surface area (TPSA) is 78.4 Å². The molecular weight excluding hydrogens is 258 g/mol. The number of carboxylic acid groups (broad SMARTS) is 1. The molecule has 3 N–H and O–H groups in total. The van der Waals surface area contributed by atoms with Crippen molar-refractivity contribution >= 4 is 17.6 Å². The van der Waals surface area contributed by atoms with Crippen LogP contribution in [-0.4, -0.2) is 30.1 Å². The van der Waals surface area contributed by atoms with Gasteiger partial charge in [0.05, 0.1) is 12.2 Å². The molecule has 0 aliphatic rings. The molecule has 1 amide bonds. The van der Waals surface area contributed by atoms with Crippen LogP contribution in [0, 0.1) is 11.6 Å². The second-order valence-corrected chi connectivity index (χ2v) is 3.85. The first-order chi connectivity index (χ1) is 8.99. The largest absolute Gasteiger partial charge is 0.481 e. The standard InChI is InChI=1S/C12H14F2N2O3/c13-8-3-4-10(9(14)6-8)16-11(17)7-15-5-1-2-12(18)19/h3-4,6,15H,1-2,5,7H2,(H,16,17)(H,18,19). The van der Waals surface area contributed by atoms with E-state index in [0.29, 0.717) is 19.0 Å². The van der Waals surface area contributed by atoms with Crippen molar-refractivity contribution in [2.75, 3.05) is 18.4 Å². The number of halogens is 2. The summed E-state index contributed by atoms with van der Waals surface area (Å²) in [5.41, 5.74) is -0.0984. The van der Waals surface area contributed by atoms with Gasteiger partial charge in [-0.25, -0.2) is 8.78 Å². The van der Waals surface area contributed by atoms with Gasteiger partial charge in [-0.1, -0.05) is 0 Å². The van der Waals surface area contributed by atoms with Crippen molar-refractivity contribution in [3.05, 3.63) is 29.8 Å². The van der Waals surface area contributed by atoms with E-state index in [-0.39, 0.29) is 18.7 Å². The number of aliphatic carboxylic acids is 1. The molecule has 19 heavy (non-hydrogen) atoms. The Hall–Kier alpha value is -2.02. The Bertz CT molecular complexity index is 466.